The fraction of sp³-hybridized carbons (Fsp3) is 0.154. The molecule has 0 amide bonds. The lowest BCUT2D eigenvalue weighted by molar-refractivity contribution is 0.111. The molecule has 17 heavy (non-hydrogen) atoms. The molecule has 0 spiro atoms. The van der Waals surface area contributed by atoms with Gasteiger partial charge in [-0.3, -0.25) is 9.36 Å². The summed E-state index contributed by atoms with van der Waals surface area (Å²) in [4.78, 5) is 15.2. The van der Waals surface area contributed by atoms with Crippen LogP contribution in [0.2, 0.25) is 0 Å². The normalized spacial score (nSPS) is 9.94. The lowest BCUT2D eigenvalue weighted by Gasteiger charge is -2.07. The lowest BCUT2D eigenvalue weighted by atomic mass is 10.3. The van der Waals surface area contributed by atoms with Gasteiger partial charge in [0, 0.05) is 11.9 Å². The zero-order valence-corrected chi connectivity index (χ0v) is 9.64. The molecule has 0 aliphatic rings. The lowest BCUT2D eigenvalue weighted by Crippen LogP contribution is -2.03. The Kier molecular flexibility index (Phi) is 2.75. The number of carbonyl (C=O) groups excluding carboxylic acids is 1. The van der Waals surface area contributed by atoms with Crippen molar-refractivity contribution in [3.05, 3.63) is 46.9 Å². The number of aromatic nitrogens is 2. The Morgan fingerprint density at radius 2 is 2.18 bits per heavy atom. The largest absolute Gasteiger partial charge is 0.296 e. The van der Waals surface area contributed by atoms with E-state index in [1.165, 1.54) is 0 Å². The van der Waals surface area contributed by atoms with Crippen LogP contribution in [-0.2, 0) is 0 Å². The monoisotopic (exact) mass is 225 g/mol. The first kappa shape index (κ1) is 11.1. The van der Waals surface area contributed by atoms with E-state index in [0.717, 1.165) is 17.5 Å². The Bertz CT molecular complexity index is 620. The van der Waals surface area contributed by atoms with Gasteiger partial charge in [0.15, 0.2) is 6.29 Å². The maximum atomic E-state index is 11.0. The summed E-state index contributed by atoms with van der Waals surface area (Å²) in [6.45, 7) is 3.76. The number of nitrogens with zero attached hydrogens (tertiary/aromatic N) is 3. The second kappa shape index (κ2) is 4.22. The number of hydrogen-bond acceptors (Lipinski definition) is 3. The number of nitriles is 1. The first-order valence-electron chi connectivity index (χ1n) is 5.18. The summed E-state index contributed by atoms with van der Waals surface area (Å²) in [5, 5.41) is 8.95. The molecule has 0 saturated heterocycles. The third-order valence-corrected chi connectivity index (χ3v) is 2.65. The molecule has 0 fully saturated rings. The minimum Gasteiger partial charge on any atom is -0.296 e. The van der Waals surface area contributed by atoms with Crippen molar-refractivity contribution in [1.29, 1.82) is 5.26 Å². The van der Waals surface area contributed by atoms with Gasteiger partial charge in [0.2, 0.25) is 0 Å². The number of aryl methyl sites for hydroxylation is 1. The molecule has 0 unspecified atom stereocenters. The number of aldehydes is 1. The molecular formula is C13H11N3O. The molecule has 2 aromatic heterocycles. The number of hydrogen-bond donors (Lipinski definition) is 0. The van der Waals surface area contributed by atoms with E-state index in [0.29, 0.717) is 17.1 Å². The number of pyridine rings is 1. The smallest absolute Gasteiger partial charge is 0.166 e. The highest BCUT2D eigenvalue weighted by molar-refractivity contribution is 5.75. The molecule has 0 aliphatic carbocycles. The van der Waals surface area contributed by atoms with Gasteiger partial charge in [-0.05, 0) is 37.6 Å². The molecule has 2 rings (SSSR count). The fourth-order valence-corrected chi connectivity index (χ4v) is 1.78. The van der Waals surface area contributed by atoms with Crippen molar-refractivity contribution < 1.29 is 4.79 Å². The molecule has 4 heteroatoms. The third-order valence-electron chi connectivity index (χ3n) is 2.65. The Morgan fingerprint density at radius 1 is 1.41 bits per heavy atom. The highest BCUT2D eigenvalue weighted by Gasteiger charge is 2.13. The van der Waals surface area contributed by atoms with Crippen LogP contribution in [0.3, 0.4) is 0 Å². The predicted octanol–water partition coefficient (Wildman–Crippen LogP) is 2.17. The van der Waals surface area contributed by atoms with Crippen LogP contribution in [0.4, 0.5) is 0 Å². The van der Waals surface area contributed by atoms with E-state index in [1.807, 2.05) is 19.1 Å². The second-order valence-corrected chi connectivity index (χ2v) is 3.82. The number of carbonyl (C=O) groups is 1. The zero-order chi connectivity index (χ0) is 12.4. The van der Waals surface area contributed by atoms with E-state index in [1.54, 1.807) is 23.8 Å². The van der Waals surface area contributed by atoms with Crippen LogP contribution in [0, 0.1) is 25.2 Å². The van der Waals surface area contributed by atoms with E-state index in [2.05, 4.69) is 11.1 Å². The first-order valence-corrected chi connectivity index (χ1v) is 5.18. The van der Waals surface area contributed by atoms with Crippen LogP contribution < -0.4 is 0 Å². The van der Waals surface area contributed by atoms with Gasteiger partial charge in [-0.15, -0.1) is 0 Å². The molecule has 0 aliphatic heterocycles. The van der Waals surface area contributed by atoms with E-state index in [-0.39, 0.29) is 0 Å². The highest BCUT2D eigenvalue weighted by Crippen LogP contribution is 2.18. The standard InChI is InChI=1S/C13H11N3O/c1-9-3-4-15-13(5-9)16-10(2)11(7-14)6-12(16)8-17/h3-6,8H,1-2H3. The van der Waals surface area contributed by atoms with Crippen molar-refractivity contribution in [3.63, 3.8) is 0 Å². The molecular weight excluding hydrogens is 214 g/mol. The van der Waals surface area contributed by atoms with E-state index in [4.69, 9.17) is 5.26 Å². The SMILES string of the molecule is Cc1ccnc(-n2c(C=O)cc(C#N)c2C)c1. The average molecular weight is 225 g/mol. The number of rotatable bonds is 2. The quantitative estimate of drug-likeness (QED) is 0.736. The van der Waals surface area contributed by atoms with Crippen LogP contribution in [-0.4, -0.2) is 15.8 Å². The van der Waals surface area contributed by atoms with Gasteiger partial charge in [-0.1, -0.05) is 0 Å². The maximum absolute atomic E-state index is 11.0. The van der Waals surface area contributed by atoms with Crippen LogP contribution >= 0.6 is 0 Å². The van der Waals surface area contributed by atoms with Crippen LogP contribution in [0.5, 0.6) is 0 Å². The molecule has 0 radical (unpaired) electrons. The molecule has 0 saturated carbocycles. The van der Waals surface area contributed by atoms with Crippen LogP contribution in [0.25, 0.3) is 5.82 Å². The summed E-state index contributed by atoms with van der Waals surface area (Å²) < 4.78 is 1.69. The summed E-state index contributed by atoms with van der Waals surface area (Å²) in [7, 11) is 0. The van der Waals surface area contributed by atoms with Crippen molar-refractivity contribution in [2.45, 2.75) is 13.8 Å². The summed E-state index contributed by atoms with van der Waals surface area (Å²) in [6.07, 6.45) is 2.42. The minimum absolute atomic E-state index is 0.442. The minimum atomic E-state index is 0.442. The molecule has 84 valence electrons. The predicted molar refractivity (Wildman–Crippen MR) is 63.1 cm³/mol. The molecule has 2 aromatic rings. The fourth-order valence-electron chi connectivity index (χ4n) is 1.78. The zero-order valence-electron chi connectivity index (χ0n) is 9.64. The average Bonchev–Trinajstić information content (AvgIpc) is 2.65. The summed E-state index contributed by atoms with van der Waals surface area (Å²) in [5.74, 6) is 0.658. The topological polar surface area (TPSA) is 58.7 Å². The Hall–Kier alpha value is -2.41. The van der Waals surface area contributed by atoms with Gasteiger partial charge >= 0.3 is 0 Å². The first-order chi connectivity index (χ1) is 8.17. The van der Waals surface area contributed by atoms with Gasteiger partial charge < -0.3 is 0 Å². The van der Waals surface area contributed by atoms with Gasteiger partial charge in [0.25, 0.3) is 0 Å². The van der Waals surface area contributed by atoms with E-state index >= 15 is 0 Å². The van der Waals surface area contributed by atoms with Gasteiger partial charge in [0.05, 0.1) is 11.3 Å². The van der Waals surface area contributed by atoms with Gasteiger partial charge in [-0.25, -0.2) is 4.98 Å². The summed E-state index contributed by atoms with van der Waals surface area (Å²) in [6, 6.07) is 7.40. The Balaban J connectivity index is 2.71. The van der Waals surface area contributed by atoms with Crippen molar-refractivity contribution in [2.75, 3.05) is 0 Å². The van der Waals surface area contributed by atoms with Gasteiger partial charge in [-0.2, -0.15) is 5.26 Å². The molecule has 0 bridgehead atoms. The van der Waals surface area contributed by atoms with Crippen molar-refractivity contribution >= 4 is 6.29 Å². The molecule has 0 aromatic carbocycles. The van der Waals surface area contributed by atoms with E-state index in [9.17, 15) is 4.79 Å². The molecule has 0 atom stereocenters. The Labute approximate surface area is 99.1 Å². The van der Waals surface area contributed by atoms with E-state index < -0.39 is 0 Å². The summed E-state index contributed by atoms with van der Waals surface area (Å²) >= 11 is 0. The van der Waals surface area contributed by atoms with Crippen molar-refractivity contribution in [3.8, 4) is 11.9 Å². The summed E-state index contributed by atoms with van der Waals surface area (Å²) in [5.41, 5.74) is 2.72. The molecule has 2 heterocycles. The van der Waals surface area contributed by atoms with Gasteiger partial charge in [0.1, 0.15) is 11.9 Å². The second-order valence-electron chi connectivity index (χ2n) is 3.82. The Morgan fingerprint density at radius 3 is 2.76 bits per heavy atom. The highest BCUT2D eigenvalue weighted by atomic mass is 16.1. The maximum Gasteiger partial charge on any atom is 0.166 e. The van der Waals surface area contributed by atoms with Crippen molar-refractivity contribution in [2.24, 2.45) is 0 Å². The third kappa shape index (κ3) is 1.83. The van der Waals surface area contributed by atoms with Crippen molar-refractivity contribution in [1.82, 2.24) is 9.55 Å². The van der Waals surface area contributed by atoms with Crippen LogP contribution in [0.15, 0.2) is 24.4 Å². The molecule has 4 nitrogen and oxygen atoms in total. The molecule has 0 N–H and O–H groups in total. The van der Waals surface area contributed by atoms with Crippen LogP contribution in [0.1, 0.15) is 27.3 Å².